The average Bonchev–Trinajstić information content (AvgIpc) is 1.41. The van der Waals surface area contributed by atoms with Gasteiger partial charge in [-0.05, 0) is 278 Å². The molecule has 22 aromatic rings. The quantitative estimate of drug-likeness (QED) is 0.0951. The molecule has 0 unspecified atom stereocenters. The fourth-order valence-electron chi connectivity index (χ4n) is 20.1. The van der Waals surface area contributed by atoms with Gasteiger partial charge < -0.3 is 18.9 Å². The van der Waals surface area contributed by atoms with Crippen LogP contribution in [0.15, 0.2) is 467 Å². The zero-order valence-electron chi connectivity index (χ0n) is 90.1. The highest BCUT2D eigenvalue weighted by Gasteiger charge is 2.47. The maximum Gasteiger partial charge on any atom is 0.252 e. The topological polar surface area (TPSA) is 16.3 Å². The summed E-state index contributed by atoms with van der Waals surface area (Å²) >= 11 is 0. The van der Waals surface area contributed by atoms with Crippen molar-refractivity contribution >= 4 is 101 Å². The molecular formula is C128H95BN4. The molecule has 5 heteroatoms. The molecule has 0 saturated heterocycles. The molecule has 4 heterocycles. The van der Waals surface area contributed by atoms with Crippen molar-refractivity contribution in [3.8, 4) is 134 Å². The van der Waals surface area contributed by atoms with Crippen molar-refractivity contribution in [2.24, 2.45) is 0 Å². The third-order valence-corrected chi connectivity index (χ3v) is 26.6. The second-order valence-corrected chi connectivity index (χ2v) is 36.7. The standard InChI is InChI=1S/C128H95BN4/c1-127(2,3)102-78-110(90-51-27-13-28-52-90)125(112(80-102)100-72-94(86-43-19-9-20-44-86)68-95(73-100)87-45-21-10-22-46-87)132-120-82-104(130-116-59-35-31-55-106(116)107-56-32-36-60-117(107)130)63-65-114(120)129-115-66-64-105(131-118-61-37-33-57-108(118)109-58-34-38-62-119(109)131)83-121(115)133(123-77-99(76-122(132)124(123)129)98-70-92(84-39-15-7-16-40-84)67-93(71-98)85-41-17-8-18-42-85)126-111(91-53-29-14-30-54-91)79-103(128(4,5)6)81-113(126)101-74-96(88-47-23-11-24-48-88)69-97(75-101)89-49-25-12-26-50-89/h7-83H,1-6H3/i31D,32D,33D,34D,35D,36D,37D,38D,55D,56D,57D,58D,59D,60D,61D,62D. The molecule has 133 heavy (non-hydrogen) atoms. The number of aromatic nitrogens is 2. The molecule has 2 aliphatic rings. The fourth-order valence-corrected chi connectivity index (χ4v) is 20.1. The van der Waals surface area contributed by atoms with E-state index in [1.165, 1.54) is 0 Å². The van der Waals surface area contributed by atoms with Crippen LogP contribution in [0.2, 0.25) is 0 Å². The van der Waals surface area contributed by atoms with E-state index in [0.29, 0.717) is 45.0 Å². The van der Waals surface area contributed by atoms with E-state index >= 15 is 0 Å². The van der Waals surface area contributed by atoms with Gasteiger partial charge in [-0.2, -0.15) is 0 Å². The molecule has 4 nitrogen and oxygen atoms in total. The van der Waals surface area contributed by atoms with Gasteiger partial charge in [0.25, 0.3) is 6.71 Å². The predicted molar refractivity (Wildman–Crippen MR) is 566 cm³/mol. The summed E-state index contributed by atoms with van der Waals surface area (Å²) in [7, 11) is 0. The van der Waals surface area contributed by atoms with Gasteiger partial charge in [0, 0.05) is 77.9 Å². The van der Waals surface area contributed by atoms with Crippen LogP contribution in [0.25, 0.3) is 177 Å². The van der Waals surface area contributed by atoms with E-state index in [1.54, 1.807) is 9.13 Å². The van der Waals surface area contributed by atoms with Crippen LogP contribution in [0.4, 0.5) is 34.1 Å². The minimum Gasteiger partial charge on any atom is -0.310 e. The van der Waals surface area contributed by atoms with Crippen LogP contribution in [0.1, 0.15) is 74.6 Å². The number of fused-ring (bicyclic) bond motifs is 10. The SMILES string of the molecule is [2H]c1c([2H])c([2H])c2c(c1[2H])c1c([2H])c([2H])c([2H])c([2H])c1n2-c1ccc2c(c1)N(c1c(-c3ccccc3)cc(C(C)(C)C)cc1-c1cc(-c3ccccc3)cc(-c3ccccc3)c1)c1cc(-c3cc(-c4ccccc4)cc(-c4ccccc4)c3)cc3c1B2c1ccc(-n2c4c([2H])c([2H])c([2H])c([2H])c4c4c([2H])c([2H])c([2H])c([2H])c42)cc1N3c1c(-c2ccccc2)cc(C(C)(C)C)cc1-c1cc(-c2ccccc2)cc(-c2ccccc2)c1. The highest BCUT2D eigenvalue weighted by Crippen LogP contribution is 2.57. The van der Waals surface area contributed by atoms with Gasteiger partial charge in [0.05, 0.1) is 55.4 Å². The lowest BCUT2D eigenvalue weighted by molar-refractivity contribution is 0.590. The first-order valence-corrected chi connectivity index (χ1v) is 45.2. The Morgan fingerprint density at radius 3 is 0.699 bits per heavy atom. The largest absolute Gasteiger partial charge is 0.310 e. The van der Waals surface area contributed by atoms with Crippen LogP contribution < -0.4 is 26.2 Å². The smallest absolute Gasteiger partial charge is 0.252 e. The molecule has 0 aliphatic carbocycles. The van der Waals surface area contributed by atoms with Crippen molar-refractivity contribution in [3.63, 3.8) is 0 Å². The molecule has 0 spiro atoms. The van der Waals surface area contributed by atoms with Crippen molar-refractivity contribution in [2.75, 3.05) is 9.80 Å². The molecule has 0 fully saturated rings. The van der Waals surface area contributed by atoms with Gasteiger partial charge in [-0.3, -0.25) is 0 Å². The summed E-state index contributed by atoms with van der Waals surface area (Å²) in [6.07, 6.45) is 0. The number of hydrogen-bond donors (Lipinski definition) is 0. The lowest BCUT2D eigenvalue weighted by atomic mass is 9.33. The van der Waals surface area contributed by atoms with Crippen molar-refractivity contribution in [1.29, 1.82) is 0 Å². The van der Waals surface area contributed by atoms with E-state index in [1.807, 2.05) is 97.1 Å². The minimum atomic E-state index is -0.919. The Hall–Kier alpha value is -16.3. The van der Waals surface area contributed by atoms with Crippen LogP contribution in [0.5, 0.6) is 0 Å². The Bertz CT molecular complexity index is 8540. The van der Waals surface area contributed by atoms with E-state index < -0.39 is 114 Å². The van der Waals surface area contributed by atoms with Gasteiger partial charge in [-0.25, -0.2) is 0 Å². The lowest BCUT2D eigenvalue weighted by Crippen LogP contribution is -2.61. The number of nitrogens with zero attached hydrogens (tertiary/aromatic N) is 4. The molecule has 0 saturated carbocycles. The van der Waals surface area contributed by atoms with E-state index in [4.69, 9.17) is 0 Å². The first kappa shape index (κ1) is 64.4. The van der Waals surface area contributed by atoms with Crippen LogP contribution in [-0.4, -0.2) is 15.8 Å². The summed E-state index contributed by atoms with van der Waals surface area (Å²) < 4.78 is 160. The Balaban J connectivity index is 0.952. The maximum absolute atomic E-state index is 10.2. The molecule has 0 radical (unpaired) electrons. The van der Waals surface area contributed by atoms with E-state index in [-0.39, 0.29) is 55.0 Å². The van der Waals surface area contributed by atoms with Crippen LogP contribution in [0, 0.1) is 0 Å². The summed E-state index contributed by atoms with van der Waals surface area (Å²) in [6.45, 7) is 12.5. The molecule has 24 rings (SSSR count). The second kappa shape index (κ2) is 32.4. The predicted octanol–water partition coefficient (Wildman–Crippen LogP) is 32.9. The van der Waals surface area contributed by atoms with Gasteiger partial charge in [-0.15, -0.1) is 0 Å². The van der Waals surface area contributed by atoms with Crippen LogP contribution in [-0.2, 0) is 10.8 Å². The second-order valence-electron chi connectivity index (χ2n) is 36.7. The molecule has 630 valence electrons. The average molecular weight is 1720 g/mol. The van der Waals surface area contributed by atoms with Crippen molar-refractivity contribution in [2.45, 2.75) is 52.4 Å². The Morgan fingerprint density at radius 2 is 0.436 bits per heavy atom. The van der Waals surface area contributed by atoms with Gasteiger partial charge >= 0.3 is 0 Å². The molecule has 0 N–H and O–H groups in total. The number of rotatable bonds is 15. The van der Waals surface area contributed by atoms with Crippen LogP contribution >= 0.6 is 0 Å². The maximum atomic E-state index is 10.2. The zero-order chi connectivity index (χ0) is 103. The normalized spacial score (nSPS) is 14.1. The number of benzene rings is 20. The monoisotopic (exact) mass is 1710 g/mol. The molecule has 2 aliphatic heterocycles. The van der Waals surface area contributed by atoms with Gasteiger partial charge in [0.1, 0.15) is 0 Å². The number of para-hydroxylation sites is 4. The summed E-state index contributed by atoms with van der Waals surface area (Å²) in [6, 6.07) is 121. The third-order valence-electron chi connectivity index (χ3n) is 26.6. The van der Waals surface area contributed by atoms with Crippen LogP contribution in [0.3, 0.4) is 0 Å². The summed E-state index contributed by atoms with van der Waals surface area (Å²) in [5, 5.41) is -0.396. The van der Waals surface area contributed by atoms with Gasteiger partial charge in [-0.1, -0.05) is 369 Å². The van der Waals surface area contributed by atoms with Crippen molar-refractivity contribution in [3.05, 3.63) is 478 Å². The Kier molecular flexibility index (Phi) is 15.7. The molecule has 2 aromatic heterocycles. The van der Waals surface area contributed by atoms with E-state index in [0.717, 1.165) is 139 Å². The summed E-state index contributed by atoms with van der Waals surface area (Å²) in [4.78, 5) is 4.79. The number of hydrogen-bond acceptors (Lipinski definition) is 2. The number of anilines is 6. The van der Waals surface area contributed by atoms with E-state index in [9.17, 15) is 21.9 Å². The summed E-state index contributed by atoms with van der Waals surface area (Å²) in [5.74, 6) is 0. The fraction of sp³-hybridized carbons (Fsp3) is 0.0625. The Morgan fingerprint density at radius 1 is 0.211 bits per heavy atom. The molecular weight excluding hydrogens is 1600 g/mol. The molecule has 0 bridgehead atoms. The minimum absolute atomic E-state index is 0.0807. The highest BCUT2D eigenvalue weighted by molar-refractivity contribution is 7.00. The van der Waals surface area contributed by atoms with E-state index in [2.05, 4.69) is 324 Å². The lowest BCUT2D eigenvalue weighted by Gasteiger charge is -2.46. The third kappa shape index (κ3) is 14.1. The summed E-state index contributed by atoms with van der Waals surface area (Å²) in [5.41, 5.74) is 26.6. The van der Waals surface area contributed by atoms with Crippen molar-refractivity contribution in [1.82, 2.24) is 9.13 Å². The molecule has 0 amide bonds. The highest BCUT2D eigenvalue weighted by atomic mass is 15.2. The molecule has 20 aromatic carbocycles. The first-order chi connectivity index (χ1) is 71.9. The van der Waals surface area contributed by atoms with Crippen molar-refractivity contribution < 1.29 is 21.9 Å². The van der Waals surface area contributed by atoms with Gasteiger partial charge in [0.2, 0.25) is 0 Å². The first-order valence-electron chi connectivity index (χ1n) is 53.2. The zero-order valence-corrected chi connectivity index (χ0v) is 74.1. The Labute approximate surface area is 801 Å². The van der Waals surface area contributed by atoms with Gasteiger partial charge in [0.15, 0.2) is 0 Å². The molecule has 0 atom stereocenters.